The second-order valence-corrected chi connectivity index (χ2v) is 5.69. The molecule has 0 bridgehead atoms. The van der Waals surface area contributed by atoms with Crippen molar-refractivity contribution in [1.29, 1.82) is 0 Å². The summed E-state index contributed by atoms with van der Waals surface area (Å²) < 4.78 is 5.46. The zero-order valence-electron chi connectivity index (χ0n) is 14.4. The molecule has 6 heteroatoms. The van der Waals surface area contributed by atoms with Crippen molar-refractivity contribution in [3.63, 3.8) is 0 Å². The van der Waals surface area contributed by atoms with Crippen LogP contribution in [0.25, 0.3) is 0 Å². The summed E-state index contributed by atoms with van der Waals surface area (Å²) >= 11 is 0. The van der Waals surface area contributed by atoms with Crippen LogP contribution in [0.2, 0.25) is 0 Å². The van der Waals surface area contributed by atoms with E-state index in [1.165, 1.54) is 17.9 Å². The number of nitrogens with one attached hydrogen (secondary N) is 1. The number of carbonyl (C=O) groups excluding carboxylic acids is 3. The highest BCUT2D eigenvalue weighted by atomic mass is 16.5. The Balaban J connectivity index is 2.25. The predicted octanol–water partition coefficient (Wildman–Crippen LogP) is 2.63. The molecule has 6 nitrogen and oxygen atoms in total. The van der Waals surface area contributed by atoms with Crippen LogP contribution in [0.5, 0.6) is 0 Å². The van der Waals surface area contributed by atoms with E-state index in [4.69, 9.17) is 4.74 Å². The zero-order chi connectivity index (χ0) is 18.4. The van der Waals surface area contributed by atoms with Crippen molar-refractivity contribution >= 4 is 23.5 Å². The number of carbonyl (C=O) groups is 3. The molecule has 2 aromatic rings. The summed E-state index contributed by atoms with van der Waals surface area (Å²) in [5.74, 6) is -1.22. The first-order chi connectivity index (χ1) is 11.9. The molecule has 0 fully saturated rings. The second kappa shape index (κ2) is 8.10. The molecule has 0 aliphatic heterocycles. The molecule has 0 aliphatic carbocycles. The molecule has 2 amide bonds. The Labute approximate surface area is 146 Å². The van der Waals surface area contributed by atoms with Crippen LogP contribution in [0.15, 0.2) is 54.6 Å². The van der Waals surface area contributed by atoms with Crippen LogP contribution in [0.4, 0.5) is 5.69 Å². The average molecular weight is 340 g/mol. The van der Waals surface area contributed by atoms with Gasteiger partial charge in [-0.1, -0.05) is 36.4 Å². The Morgan fingerprint density at radius 2 is 1.68 bits per heavy atom. The topological polar surface area (TPSA) is 75.7 Å². The standard InChI is InChI=1S/C19H20N2O4/c1-13(22)20-16-11-7-10-15(12-16)19(24)25-17(18(23)21(2)3)14-8-5-4-6-9-14/h4-12,17H,1-3H3,(H,20,22)/t17-/m1/s1. The number of amides is 2. The van der Waals surface area contributed by atoms with Crippen molar-refractivity contribution in [1.82, 2.24) is 4.90 Å². The van der Waals surface area contributed by atoms with Gasteiger partial charge in [-0.05, 0) is 18.2 Å². The number of esters is 1. The van der Waals surface area contributed by atoms with Gasteiger partial charge in [-0.2, -0.15) is 0 Å². The van der Waals surface area contributed by atoms with E-state index in [1.54, 1.807) is 56.6 Å². The fourth-order valence-corrected chi connectivity index (χ4v) is 2.23. The van der Waals surface area contributed by atoms with Crippen LogP contribution in [-0.4, -0.2) is 36.8 Å². The van der Waals surface area contributed by atoms with Crippen LogP contribution >= 0.6 is 0 Å². The van der Waals surface area contributed by atoms with Gasteiger partial charge in [0.15, 0.2) is 0 Å². The third-order valence-corrected chi connectivity index (χ3v) is 3.41. The third-order valence-electron chi connectivity index (χ3n) is 3.41. The smallest absolute Gasteiger partial charge is 0.339 e. The number of hydrogen-bond donors (Lipinski definition) is 1. The van der Waals surface area contributed by atoms with Crippen LogP contribution in [0.1, 0.15) is 28.9 Å². The molecule has 2 aromatic carbocycles. The molecule has 2 rings (SSSR count). The zero-order valence-corrected chi connectivity index (χ0v) is 14.4. The number of anilines is 1. The van der Waals surface area contributed by atoms with E-state index in [9.17, 15) is 14.4 Å². The molecule has 0 unspecified atom stereocenters. The van der Waals surface area contributed by atoms with Gasteiger partial charge in [0.05, 0.1) is 5.56 Å². The SMILES string of the molecule is CC(=O)Nc1cccc(C(=O)O[C@@H](C(=O)N(C)C)c2ccccc2)c1. The summed E-state index contributed by atoms with van der Waals surface area (Å²) in [6.07, 6.45) is -1.03. The highest BCUT2D eigenvalue weighted by Crippen LogP contribution is 2.22. The molecule has 130 valence electrons. The maximum Gasteiger partial charge on any atom is 0.339 e. The van der Waals surface area contributed by atoms with E-state index in [0.29, 0.717) is 11.3 Å². The Bertz CT molecular complexity index is 772. The summed E-state index contributed by atoms with van der Waals surface area (Å²) in [7, 11) is 3.20. The third kappa shape index (κ3) is 4.91. The van der Waals surface area contributed by atoms with Crippen molar-refractivity contribution in [2.24, 2.45) is 0 Å². The minimum atomic E-state index is -1.03. The first-order valence-electron chi connectivity index (χ1n) is 7.73. The lowest BCUT2D eigenvalue weighted by atomic mass is 10.1. The van der Waals surface area contributed by atoms with Crippen molar-refractivity contribution < 1.29 is 19.1 Å². The van der Waals surface area contributed by atoms with Gasteiger partial charge < -0.3 is 15.0 Å². The van der Waals surface area contributed by atoms with Gasteiger partial charge in [-0.25, -0.2) is 4.79 Å². The lowest BCUT2D eigenvalue weighted by Gasteiger charge is -2.21. The van der Waals surface area contributed by atoms with Gasteiger partial charge in [0.1, 0.15) is 0 Å². The van der Waals surface area contributed by atoms with E-state index in [-0.39, 0.29) is 17.4 Å². The van der Waals surface area contributed by atoms with E-state index in [1.807, 2.05) is 6.07 Å². The van der Waals surface area contributed by atoms with E-state index in [2.05, 4.69) is 5.32 Å². The van der Waals surface area contributed by atoms with Gasteiger partial charge in [0.2, 0.25) is 12.0 Å². The second-order valence-electron chi connectivity index (χ2n) is 5.69. The van der Waals surface area contributed by atoms with Crippen LogP contribution in [-0.2, 0) is 14.3 Å². The minimum Gasteiger partial charge on any atom is -0.444 e. The first kappa shape index (κ1) is 18.2. The fourth-order valence-electron chi connectivity index (χ4n) is 2.23. The summed E-state index contributed by atoms with van der Waals surface area (Å²) in [6.45, 7) is 1.38. The molecular formula is C19H20N2O4. The molecule has 0 radical (unpaired) electrons. The first-order valence-corrected chi connectivity index (χ1v) is 7.73. The highest BCUT2D eigenvalue weighted by molar-refractivity contribution is 5.95. The molecule has 0 aromatic heterocycles. The lowest BCUT2D eigenvalue weighted by molar-refractivity contribution is -0.138. The summed E-state index contributed by atoms with van der Waals surface area (Å²) in [6, 6.07) is 15.2. The van der Waals surface area contributed by atoms with E-state index < -0.39 is 12.1 Å². The van der Waals surface area contributed by atoms with Crippen molar-refractivity contribution in [2.45, 2.75) is 13.0 Å². The monoisotopic (exact) mass is 340 g/mol. The average Bonchev–Trinajstić information content (AvgIpc) is 2.59. The summed E-state index contributed by atoms with van der Waals surface area (Å²) in [4.78, 5) is 37.4. The molecule has 0 spiro atoms. The van der Waals surface area contributed by atoms with Crippen LogP contribution in [0.3, 0.4) is 0 Å². The van der Waals surface area contributed by atoms with Crippen molar-refractivity contribution in [3.05, 3.63) is 65.7 Å². The molecule has 0 saturated heterocycles. The maximum absolute atomic E-state index is 12.5. The Hall–Kier alpha value is -3.15. The Morgan fingerprint density at radius 1 is 1.00 bits per heavy atom. The molecule has 25 heavy (non-hydrogen) atoms. The molecule has 0 heterocycles. The summed E-state index contributed by atoms with van der Waals surface area (Å²) in [5, 5.41) is 2.60. The van der Waals surface area contributed by atoms with Gasteiger partial charge in [-0.15, -0.1) is 0 Å². The Kier molecular flexibility index (Phi) is 5.89. The van der Waals surface area contributed by atoms with E-state index >= 15 is 0 Å². The Morgan fingerprint density at radius 3 is 2.28 bits per heavy atom. The molecule has 1 N–H and O–H groups in total. The van der Waals surface area contributed by atoms with Crippen molar-refractivity contribution in [3.8, 4) is 0 Å². The summed E-state index contributed by atoms with van der Waals surface area (Å²) in [5.41, 5.74) is 1.32. The number of ether oxygens (including phenoxy) is 1. The van der Waals surface area contributed by atoms with Gasteiger partial charge in [0.25, 0.3) is 5.91 Å². The number of rotatable bonds is 5. The minimum absolute atomic E-state index is 0.240. The number of hydrogen-bond acceptors (Lipinski definition) is 4. The van der Waals surface area contributed by atoms with E-state index in [0.717, 1.165) is 0 Å². The van der Waals surface area contributed by atoms with Gasteiger partial charge >= 0.3 is 5.97 Å². The predicted molar refractivity (Wildman–Crippen MR) is 94.0 cm³/mol. The van der Waals surface area contributed by atoms with Crippen molar-refractivity contribution in [2.75, 3.05) is 19.4 Å². The normalized spacial score (nSPS) is 11.3. The number of likely N-dealkylation sites (N-methyl/N-ethyl adjacent to an activating group) is 1. The maximum atomic E-state index is 12.5. The number of nitrogens with zero attached hydrogens (tertiary/aromatic N) is 1. The molecular weight excluding hydrogens is 320 g/mol. The van der Waals surface area contributed by atoms with Crippen LogP contribution < -0.4 is 5.32 Å². The largest absolute Gasteiger partial charge is 0.444 e. The molecule has 1 atom stereocenters. The molecule has 0 saturated carbocycles. The highest BCUT2D eigenvalue weighted by Gasteiger charge is 2.27. The van der Waals surface area contributed by atoms with Gasteiger partial charge in [-0.3, -0.25) is 9.59 Å². The number of benzene rings is 2. The quantitative estimate of drug-likeness (QED) is 0.849. The fraction of sp³-hybridized carbons (Fsp3) is 0.211. The van der Waals surface area contributed by atoms with Crippen LogP contribution in [0, 0.1) is 0 Å². The van der Waals surface area contributed by atoms with Gasteiger partial charge in [0, 0.05) is 32.3 Å². The molecule has 0 aliphatic rings. The lowest BCUT2D eigenvalue weighted by Crippen LogP contribution is -2.31.